The van der Waals surface area contributed by atoms with E-state index in [0.29, 0.717) is 17.3 Å². The van der Waals surface area contributed by atoms with Gasteiger partial charge in [0.1, 0.15) is 0 Å². The molecule has 0 aromatic heterocycles. The molecule has 1 atom stereocenters. The van der Waals surface area contributed by atoms with Gasteiger partial charge in [-0.3, -0.25) is 14.5 Å². The molecule has 2 aliphatic heterocycles. The molecular weight excluding hydrogens is 330 g/mol. The summed E-state index contributed by atoms with van der Waals surface area (Å²) in [6.45, 7) is 4.69. The Hall–Kier alpha value is -1.63. The third-order valence-corrected chi connectivity index (χ3v) is 4.76. The van der Waals surface area contributed by atoms with Gasteiger partial charge in [-0.15, -0.1) is 0 Å². The summed E-state index contributed by atoms with van der Waals surface area (Å²) in [5.74, 6) is -1.05. The van der Waals surface area contributed by atoms with Crippen LogP contribution in [0.25, 0.3) is 0 Å². The van der Waals surface area contributed by atoms with E-state index in [0.717, 1.165) is 45.7 Å². The summed E-state index contributed by atoms with van der Waals surface area (Å²) in [4.78, 5) is 28.8. The highest BCUT2D eigenvalue weighted by atomic mass is 35.5. The summed E-state index contributed by atoms with van der Waals surface area (Å²) < 4.78 is 5.36. The number of carbonyl (C=O) groups excluding carboxylic acids is 2. The van der Waals surface area contributed by atoms with E-state index in [2.05, 4.69) is 10.2 Å². The van der Waals surface area contributed by atoms with Crippen LogP contribution in [0.2, 0.25) is 5.02 Å². The standard InChI is InChI=1S/C17H22ClN3O3/c18-13-3-5-14(6-4-13)19-16(22)17(23)21-7-1-2-15(21)12-20-8-10-24-11-9-20/h3-6,15H,1-2,7-12H2,(H,19,22)/t15-/m0/s1. The summed E-state index contributed by atoms with van der Waals surface area (Å²) >= 11 is 5.82. The van der Waals surface area contributed by atoms with Gasteiger partial charge in [0, 0.05) is 42.9 Å². The zero-order valence-electron chi connectivity index (χ0n) is 13.5. The van der Waals surface area contributed by atoms with E-state index in [-0.39, 0.29) is 6.04 Å². The number of nitrogens with zero attached hydrogens (tertiary/aromatic N) is 2. The van der Waals surface area contributed by atoms with Gasteiger partial charge in [0.05, 0.1) is 13.2 Å². The molecule has 1 aromatic carbocycles. The Bertz CT molecular complexity index is 587. The van der Waals surface area contributed by atoms with Gasteiger partial charge in [-0.1, -0.05) is 11.6 Å². The number of halogens is 1. The van der Waals surface area contributed by atoms with Crippen LogP contribution in [0.1, 0.15) is 12.8 Å². The molecule has 2 saturated heterocycles. The normalized spacial score (nSPS) is 21.7. The Morgan fingerprint density at radius 1 is 1.17 bits per heavy atom. The van der Waals surface area contributed by atoms with E-state index in [9.17, 15) is 9.59 Å². The van der Waals surface area contributed by atoms with Crippen LogP contribution in [-0.2, 0) is 14.3 Å². The second-order valence-corrected chi connectivity index (χ2v) is 6.61. The predicted octanol–water partition coefficient (Wildman–Crippen LogP) is 1.60. The van der Waals surface area contributed by atoms with E-state index in [4.69, 9.17) is 16.3 Å². The van der Waals surface area contributed by atoms with Crippen LogP contribution in [-0.4, -0.2) is 67.0 Å². The van der Waals surface area contributed by atoms with Crippen molar-refractivity contribution in [2.24, 2.45) is 0 Å². The fourth-order valence-corrected chi connectivity index (χ4v) is 3.35. The Morgan fingerprint density at radius 2 is 1.88 bits per heavy atom. The third-order valence-electron chi connectivity index (χ3n) is 4.51. The van der Waals surface area contributed by atoms with Gasteiger partial charge in [0.2, 0.25) is 0 Å². The second kappa shape index (κ2) is 7.96. The molecule has 2 amide bonds. The van der Waals surface area contributed by atoms with Crippen molar-refractivity contribution < 1.29 is 14.3 Å². The summed E-state index contributed by atoms with van der Waals surface area (Å²) in [5, 5.41) is 3.24. The molecule has 0 radical (unpaired) electrons. The number of anilines is 1. The lowest BCUT2D eigenvalue weighted by Gasteiger charge is -2.32. The molecule has 1 N–H and O–H groups in total. The number of amides is 2. The number of hydrogen-bond acceptors (Lipinski definition) is 4. The predicted molar refractivity (Wildman–Crippen MR) is 92.1 cm³/mol. The zero-order valence-corrected chi connectivity index (χ0v) is 14.3. The van der Waals surface area contributed by atoms with Crippen LogP contribution in [0.15, 0.2) is 24.3 Å². The van der Waals surface area contributed by atoms with Crippen molar-refractivity contribution in [3.05, 3.63) is 29.3 Å². The number of morpholine rings is 1. The first-order valence-electron chi connectivity index (χ1n) is 8.31. The number of likely N-dealkylation sites (tertiary alicyclic amines) is 1. The average molecular weight is 352 g/mol. The second-order valence-electron chi connectivity index (χ2n) is 6.17. The Labute approximate surface area is 146 Å². The quantitative estimate of drug-likeness (QED) is 0.840. The Morgan fingerprint density at radius 3 is 2.58 bits per heavy atom. The number of hydrogen-bond donors (Lipinski definition) is 1. The smallest absolute Gasteiger partial charge is 0.313 e. The maximum absolute atomic E-state index is 12.5. The molecule has 24 heavy (non-hydrogen) atoms. The molecule has 0 bridgehead atoms. The van der Waals surface area contributed by atoms with E-state index in [1.165, 1.54) is 0 Å². The lowest BCUT2D eigenvalue weighted by Crippen LogP contribution is -2.49. The van der Waals surface area contributed by atoms with Gasteiger partial charge in [-0.2, -0.15) is 0 Å². The maximum atomic E-state index is 12.5. The molecule has 2 heterocycles. The Balaban J connectivity index is 1.57. The lowest BCUT2D eigenvalue weighted by atomic mass is 10.2. The van der Waals surface area contributed by atoms with Crippen LogP contribution in [0.4, 0.5) is 5.69 Å². The molecule has 130 valence electrons. The third kappa shape index (κ3) is 4.26. The summed E-state index contributed by atoms with van der Waals surface area (Å²) in [6.07, 6.45) is 1.88. The highest BCUT2D eigenvalue weighted by Crippen LogP contribution is 2.20. The summed E-state index contributed by atoms with van der Waals surface area (Å²) in [5.41, 5.74) is 0.571. The van der Waals surface area contributed by atoms with Crippen LogP contribution in [0.5, 0.6) is 0 Å². The number of nitrogens with one attached hydrogen (secondary N) is 1. The first-order valence-corrected chi connectivity index (χ1v) is 8.69. The van der Waals surface area contributed by atoms with Gasteiger partial charge in [0.15, 0.2) is 0 Å². The van der Waals surface area contributed by atoms with E-state index in [1.807, 2.05) is 0 Å². The molecule has 1 aromatic rings. The molecule has 0 aliphatic carbocycles. The topological polar surface area (TPSA) is 61.9 Å². The first kappa shape index (κ1) is 17.2. The lowest BCUT2D eigenvalue weighted by molar-refractivity contribution is -0.144. The van der Waals surface area contributed by atoms with Crippen LogP contribution in [0, 0.1) is 0 Å². The van der Waals surface area contributed by atoms with Gasteiger partial charge >= 0.3 is 11.8 Å². The van der Waals surface area contributed by atoms with E-state index >= 15 is 0 Å². The average Bonchev–Trinajstić information content (AvgIpc) is 3.05. The minimum Gasteiger partial charge on any atom is -0.379 e. The molecule has 0 spiro atoms. The minimum atomic E-state index is -0.591. The number of ether oxygens (including phenoxy) is 1. The van der Waals surface area contributed by atoms with Crippen molar-refractivity contribution in [2.75, 3.05) is 44.7 Å². The monoisotopic (exact) mass is 351 g/mol. The largest absolute Gasteiger partial charge is 0.379 e. The minimum absolute atomic E-state index is 0.103. The van der Waals surface area contributed by atoms with Gasteiger partial charge in [0.25, 0.3) is 0 Å². The molecule has 0 saturated carbocycles. The molecule has 2 fully saturated rings. The van der Waals surface area contributed by atoms with Crippen molar-refractivity contribution >= 4 is 29.1 Å². The Kier molecular flexibility index (Phi) is 5.71. The molecule has 2 aliphatic rings. The molecular formula is C17H22ClN3O3. The SMILES string of the molecule is O=C(Nc1ccc(Cl)cc1)C(=O)N1CCC[C@H]1CN1CCOCC1. The molecule has 6 nitrogen and oxygen atoms in total. The molecule has 0 unspecified atom stereocenters. The highest BCUT2D eigenvalue weighted by molar-refractivity contribution is 6.39. The van der Waals surface area contributed by atoms with Gasteiger partial charge in [-0.05, 0) is 37.1 Å². The fourth-order valence-electron chi connectivity index (χ4n) is 3.22. The van der Waals surface area contributed by atoms with Crippen LogP contribution >= 0.6 is 11.6 Å². The zero-order chi connectivity index (χ0) is 16.9. The fraction of sp³-hybridized carbons (Fsp3) is 0.529. The maximum Gasteiger partial charge on any atom is 0.313 e. The summed E-state index contributed by atoms with van der Waals surface area (Å²) in [6, 6.07) is 6.83. The summed E-state index contributed by atoms with van der Waals surface area (Å²) in [7, 11) is 0. The van der Waals surface area contributed by atoms with Crippen molar-refractivity contribution in [1.29, 1.82) is 0 Å². The number of rotatable bonds is 3. The van der Waals surface area contributed by atoms with Crippen molar-refractivity contribution in [3.63, 3.8) is 0 Å². The van der Waals surface area contributed by atoms with Crippen molar-refractivity contribution in [3.8, 4) is 0 Å². The van der Waals surface area contributed by atoms with E-state index < -0.39 is 11.8 Å². The first-order chi connectivity index (χ1) is 11.6. The van der Waals surface area contributed by atoms with Gasteiger partial charge < -0.3 is 15.0 Å². The van der Waals surface area contributed by atoms with Crippen molar-refractivity contribution in [1.82, 2.24) is 9.80 Å². The number of benzene rings is 1. The van der Waals surface area contributed by atoms with Crippen molar-refractivity contribution in [2.45, 2.75) is 18.9 Å². The van der Waals surface area contributed by atoms with Gasteiger partial charge in [-0.25, -0.2) is 0 Å². The van der Waals surface area contributed by atoms with E-state index in [1.54, 1.807) is 29.2 Å². The van der Waals surface area contributed by atoms with Crippen LogP contribution < -0.4 is 5.32 Å². The number of carbonyl (C=O) groups is 2. The molecule has 3 rings (SSSR count). The van der Waals surface area contributed by atoms with Crippen LogP contribution in [0.3, 0.4) is 0 Å². The highest BCUT2D eigenvalue weighted by Gasteiger charge is 2.33. The molecule has 7 heteroatoms.